The number of terminal acetylenes is 1. The molecule has 0 bridgehead atoms. The molecule has 0 aromatic rings. The van der Waals surface area contributed by atoms with Gasteiger partial charge in [0, 0.05) is 26.2 Å². The molecule has 2 heterocycles. The Labute approximate surface area is 77.9 Å². The lowest BCUT2D eigenvalue weighted by molar-refractivity contribution is 0.181. The maximum absolute atomic E-state index is 11.7. The first-order valence-electron chi connectivity index (χ1n) is 4.52. The zero-order valence-corrected chi connectivity index (χ0v) is 7.49. The average Bonchev–Trinajstić information content (AvgIpc) is 2.46. The molecule has 4 nitrogen and oxygen atoms in total. The van der Waals surface area contributed by atoms with E-state index >= 15 is 0 Å². The smallest absolute Gasteiger partial charge is 0.317 e. The number of urea groups is 1. The zero-order chi connectivity index (χ0) is 9.26. The van der Waals surface area contributed by atoms with Gasteiger partial charge in [0.2, 0.25) is 0 Å². The lowest BCUT2D eigenvalue weighted by Crippen LogP contribution is -2.49. The summed E-state index contributed by atoms with van der Waals surface area (Å²) in [6.07, 6.45) is 5.18. The summed E-state index contributed by atoms with van der Waals surface area (Å²) in [6.45, 7) is 3.81. The predicted octanol–water partition coefficient (Wildman–Crippen LogP) is -0.671. The van der Waals surface area contributed by atoms with E-state index in [-0.39, 0.29) is 6.03 Å². The molecular weight excluding hydrogens is 166 g/mol. The van der Waals surface area contributed by atoms with Crippen LogP contribution >= 0.6 is 0 Å². The van der Waals surface area contributed by atoms with Crippen molar-refractivity contribution in [3.8, 4) is 12.3 Å². The molecule has 0 radical (unpaired) electrons. The molecule has 2 aliphatic rings. The number of rotatable bonds is 1. The van der Waals surface area contributed by atoms with Gasteiger partial charge in [-0.25, -0.2) is 4.79 Å². The van der Waals surface area contributed by atoms with E-state index in [0.717, 1.165) is 26.2 Å². The highest BCUT2D eigenvalue weighted by atomic mass is 16.2. The lowest BCUT2D eigenvalue weighted by Gasteiger charge is -2.28. The Morgan fingerprint density at radius 1 is 1.69 bits per heavy atom. The van der Waals surface area contributed by atoms with Crippen LogP contribution < -0.4 is 5.32 Å². The first-order chi connectivity index (χ1) is 6.33. The van der Waals surface area contributed by atoms with Gasteiger partial charge in [-0.1, -0.05) is 5.92 Å². The summed E-state index contributed by atoms with van der Waals surface area (Å²) < 4.78 is 0. The highest BCUT2D eigenvalue weighted by Gasteiger charge is 2.37. The third-order valence-electron chi connectivity index (χ3n) is 2.58. The Balaban J connectivity index is 2.06. The molecule has 2 aliphatic heterocycles. The fourth-order valence-electron chi connectivity index (χ4n) is 1.93. The Morgan fingerprint density at radius 3 is 3.23 bits per heavy atom. The number of carbonyl (C=O) groups excluding carboxylic acids is 1. The van der Waals surface area contributed by atoms with E-state index in [0.29, 0.717) is 12.6 Å². The number of hydrogen-bond donors (Lipinski definition) is 1. The highest BCUT2D eigenvalue weighted by Crippen LogP contribution is 2.16. The summed E-state index contributed by atoms with van der Waals surface area (Å²) in [5, 5.41) is 3.27. The van der Waals surface area contributed by atoms with Gasteiger partial charge in [0.1, 0.15) is 0 Å². The van der Waals surface area contributed by atoms with Crippen LogP contribution in [0.3, 0.4) is 0 Å². The van der Waals surface area contributed by atoms with E-state index in [2.05, 4.69) is 11.2 Å². The maximum atomic E-state index is 11.7. The molecule has 70 valence electrons. The lowest BCUT2D eigenvalue weighted by atomic mass is 10.2. The van der Waals surface area contributed by atoms with Crippen LogP contribution in [0.25, 0.3) is 0 Å². The molecule has 1 unspecified atom stereocenters. The van der Waals surface area contributed by atoms with Crippen molar-refractivity contribution in [2.45, 2.75) is 6.04 Å². The molecule has 2 fully saturated rings. The summed E-state index contributed by atoms with van der Waals surface area (Å²) in [5.41, 5.74) is 0. The van der Waals surface area contributed by atoms with Crippen LogP contribution in [0, 0.1) is 12.3 Å². The summed E-state index contributed by atoms with van der Waals surface area (Å²) in [6, 6.07) is 0.430. The summed E-state index contributed by atoms with van der Waals surface area (Å²) >= 11 is 0. The number of fused-ring (bicyclic) bond motifs is 1. The molecular formula is C9H13N3O. The van der Waals surface area contributed by atoms with Gasteiger partial charge in [0.25, 0.3) is 0 Å². The van der Waals surface area contributed by atoms with Crippen LogP contribution in [0.15, 0.2) is 0 Å². The van der Waals surface area contributed by atoms with Gasteiger partial charge in [-0.2, -0.15) is 0 Å². The molecule has 13 heavy (non-hydrogen) atoms. The van der Waals surface area contributed by atoms with Gasteiger partial charge < -0.3 is 15.1 Å². The van der Waals surface area contributed by atoms with Crippen LogP contribution in [0.2, 0.25) is 0 Å². The number of nitrogens with one attached hydrogen (secondary N) is 1. The normalized spacial score (nSPS) is 27.3. The molecule has 1 atom stereocenters. The summed E-state index contributed by atoms with van der Waals surface area (Å²) in [4.78, 5) is 15.3. The van der Waals surface area contributed by atoms with Gasteiger partial charge in [0.05, 0.1) is 12.6 Å². The van der Waals surface area contributed by atoms with Gasteiger partial charge in [-0.15, -0.1) is 6.42 Å². The molecule has 2 amide bonds. The largest absolute Gasteiger partial charge is 0.321 e. The van der Waals surface area contributed by atoms with Crippen LogP contribution in [0.4, 0.5) is 4.79 Å². The molecule has 0 aliphatic carbocycles. The van der Waals surface area contributed by atoms with Crippen molar-refractivity contribution in [2.24, 2.45) is 0 Å². The summed E-state index contributed by atoms with van der Waals surface area (Å²) in [7, 11) is 0. The monoisotopic (exact) mass is 179 g/mol. The molecule has 0 spiro atoms. The molecule has 0 aromatic carbocycles. The number of nitrogens with zero attached hydrogens (tertiary/aromatic N) is 2. The van der Waals surface area contributed by atoms with Crippen molar-refractivity contribution < 1.29 is 4.79 Å². The van der Waals surface area contributed by atoms with Gasteiger partial charge >= 0.3 is 6.03 Å². The number of carbonyl (C=O) groups is 1. The SMILES string of the molecule is C#CCN1CC2CNCCN2C1=O. The molecule has 0 aromatic heterocycles. The molecule has 4 heteroatoms. The quantitative estimate of drug-likeness (QED) is 0.542. The first kappa shape index (κ1) is 8.39. The van der Waals surface area contributed by atoms with Crippen molar-refractivity contribution in [3.63, 3.8) is 0 Å². The Kier molecular flexibility index (Phi) is 2.11. The number of amides is 2. The van der Waals surface area contributed by atoms with Gasteiger partial charge in [-0.3, -0.25) is 0 Å². The van der Waals surface area contributed by atoms with E-state index in [1.165, 1.54) is 0 Å². The van der Waals surface area contributed by atoms with E-state index in [1.54, 1.807) is 4.90 Å². The second-order valence-electron chi connectivity index (χ2n) is 3.42. The Bertz CT molecular complexity index is 258. The van der Waals surface area contributed by atoms with E-state index in [1.807, 2.05) is 4.90 Å². The Hall–Kier alpha value is -1.21. The van der Waals surface area contributed by atoms with Gasteiger partial charge in [0.15, 0.2) is 0 Å². The molecule has 1 N–H and O–H groups in total. The standard InChI is InChI=1S/C9H13N3O/c1-2-4-11-7-8-6-10-3-5-12(8)9(11)13/h1,8,10H,3-7H2. The average molecular weight is 179 g/mol. The van der Waals surface area contributed by atoms with Crippen molar-refractivity contribution in [2.75, 3.05) is 32.7 Å². The van der Waals surface area contributed by atoms with Crippen LogP contribution in [-0.2, 0) is 0 Å². The molecule has 2 rings (SSSR count). The topological polar surface area (TPSA) is 35.6 Å². The maximum Gasteiger partial charge on any atom is 0.321 e. The zero-order valence-electron chi connectivity index (χ0n) is 7.49. The van der Waals surface area contributed by atoms with E-state index < -0.39 is 0 Å². The van der Waals surface area contributed by atoms with Crippen molar-refractivity contribution >= 4 is 6.03 Å². The highest BCUT2D eigenvalue weighted by molar-refractivity contribution is 5.77. The third kappa shape index (κ3) is 1.36. The predicted molar refractivity (Wildman–Crippen MR) is 49.2 cm³/mol. The van der Waals surface area contributed by atoms with Crippen molar-refractivity contribution in [3.05, 3.63) is 0 Å². The Morgan fingerprint density at radius 2 is 2.54 bits per heavy atom. The fraction of sp³-hybridized carbons (Fsp3) is 0.667. The molecule has 2 saturated heterocycles. The van der Waals surface area contributed by atoms with E-state index in [4.69, 9.17) is 6.42 Å². The van der Waals surface area contributed by atoms with Crippen molar-refractivity contribution in [1.29, 1.82) is 0 Å². The van der Waals surface area contributed by atoms with Crippen LogP contribution in [0.1, 0.15) is 0 Å². The van der Waals surface area contributed by atoms with E-state index in [9.17, 15) is 4.79 Å². The third-order valence-corrected chi connectivity index (χ3v) is 2.58. The number of hydrogen-bond acceptors (Lipinski definition) is 2. The summed E-state index contributed by atoms with van der Waals surface area (Å²) in [5.74, 6) is 2.51. The minimum absolute atomic E-state index is 0.101. The second kappa shape index (κ2) is 3.27. The number of piperazine rings is 1. The minimum Gasteiger partial charge on any atom is -0.317 e. The molecule has 0 saturated carbocycles. The van der Waals surface area contributed by atoms with Crippen LogP contribution in [0.5, 0.6) is 0 Å². The second-order valence-corrected chi connectivity index (χ2v) is 3.42. The van der Waals surface area contributed by atoms with Crippen molar-refractivity contribution in [1.82, 2.24) is 15.1 Å². The fourth-order valence-corrected chi connectivity index (χ4v) is 1.93. The minimum atomic E-state index is 0.101. The van der Waals surface area contributed by atoms with Crippen LogP contribution in [-0.4, -0.2) is 54.6 Å². The first-order valence-corrected chi connectivity index (χ1v) is 4.52. The van der Waals surface area contributed by atoms with Gasteiger partial charge in [-0.05, 0) is 0 Å².